The Balaban J connectivity index is 1.81. The van der Waals surface area contributed by atoms with Crippen LogP contribution in [0.15, 0.2) is 51.1 Å². The summed E-state index contributed by atoms with van der Waals surface area (Å²) in [5.74, 6) is -0.174. The Bertz CT molecular complexity index is 1850. The molecule has 17 nitrogen and oxygen atoms in total. The molecule has 3 aromatic rings. The maximum absolute atomic E-state index is 12.6. The van der Waals surface area contributed by atoms with E-state index in [1.165, 1.54) is 17.0 Å². The summed E-state index contributed by atoms with van der Waals surface area (Å²) in [5.41, 5.74) is -0.287. The summed E-state index contributed by atoms with van der Waals surface area (Å²) < 4.78 is 92.7. The quantitative estimate of drug-likeness (QED) is 0.142. The average Bonchev–Trinajstić information content (AvgIpc) is 2.89. The molecule has 216 valence electrons. The number of aromatic nitrogens is 3. The van der Waals surface area contributed by atoms with E-state index < -0.39 is 40.1 Å². The van der Waals surface area contributed by atoms with E-state index >= 15 is 0 Å². The second-order valence-corrected chi connectivity index (χ2v) is 12.8. The molecule has 0 bridgehead atoms. The van der Waals surface area contributed by atoms with Gasteiger partial charge in [-0.15, -0.1) is 0 Å². The van der Waals surface area contributed by atoms with Gasteiger partial charge in [-0.2, -0.15) is 42.3 Å². The largest absolute Gasteiger partial charge is 0.353 e. The monoisotopic (exact) mass is 623 g/mol. The second-order valence-electron chi connectivity index (χ2n) is 8.20. The summed E-state index contributed by atoms with van der Waals surface area (Å²) in [4.78, 5) is 12.0. The van der Waals surface area contributed by atoms with Crippen molar-refractivity contribution in [3.05, 3.63) is 47.5 Å². The van der Waals surface area contributed by atoms with Gasteiger partial charge in [-0.25, -0.2) is 13.1 Å². The summed E-state index contributed by atoms with van der Waals surface area (Å²) in [7, 11) is -10.6. The van der Waals surface area contributed by atoms with Crippen LogP contribution in [0.3, 0.4) is 0 Å². The van der Waals surface area contributed by atoms with E-state index in [2.05, 4.69) is 30.3 Å². The molecule has 2 aromatic carbocycles. The number of nitriles is 2. The summed E-state index contributed by atoms with van der Waals surface area (Å²) in [6.45, 7) is -0.202. The summed E-state index contributed by atoms with van der Waals surface area (Å²) in [6.07, 6.45) is 0. The minimum absolute atomic E-state index is 0.0305. The first-order chi connectivity index (χ1) is 19.0. The molecule has 0 saturated carbocycles. The minimum atomic E-state index is -4.86. The second kappa shape index (κ2) is 12.0. The van der Waals surface area contributed by atoms with Gasteiger partial charge in [0.25, 0.3) is 20.2 Å². The van der Waals surface area contributed by atoms with Gasteiger partial charge in [0.15, 0.2) is 0 Å². The molecule has 0 aliphatic heterocycles. The van der Waals surface area contributed by atoms with Crippen molar-refractivity contribution >= 4 is 53.8 Å². The van der Waals surface area contributed by atoms with E-state index in [1.807, 2.05) is 0 Å². The highest BCUT2D eigenvalue weighted by atomic mass is 32.2. The van der Waals surface area contributed by atoms with E-state index in [9.17, 15) is 34.4 Å². The number of nitrogens with zero attached hydrogens (tertiary/aromatic N) is 6. The third kappa shape index (κ3) is 8.04. The number of rotatable bonds is 11. The molecule has 0 unspecified atom stereocenters. The van der Waals surface area contributed by atoms with Crippen molar-refractivity contribution in [3.8, 4) is 12.1 Å². The lowest BCUT2D eigenvalue weighted by Gasteiger charge is -2.15. The van der Waals surface area contributed by atoms with E-state index in [4.69, 9.17) is 10.5 Å². The third-order valence-corrected chi connectivity index (χ3v) is 8.12. The molecule has 0 spiro atoms. The molecule has 0 aliphatic carbocycles. The molecular weight excluding hydrogens is 602 g/mol. The highest BCUT2D eigenvalue weighted by molar-refractivity contribution is 7.89. The first-order valence-electron chi connectivity index (χ1n) is 11.0. The van der Waals surface area contributed by atoms with E-state index in [1.54, 1.807) is 26.2 Å². The van der Waals surface area contributed by atoms with Crippen molar-refractivity contribution in [2.24, 2.45) is 0 Å². The van der Waals surface area contributed by atoms with Gasteiger partial charge in [0.1, 0.15) is 12.1 Å². The van der Waals surface area contributed by atoms with Crippen molar-refractivity contribution < 1.29 is 34.4 Å². The van der Waals surface area contributed by atoms with Gasteiger partial charge in [-0.3, -0.25) is 9.11 Å². The molecule has 20 heteroatoms. The molecular formula is C21H21N9O8S3. The highest BCUT2D eigenvalue weighted by Gasteiger charge is 2.20. The average molecular weight is 624 g/mol. The highest BCUT2D eigenvalue weighted by Crippen LogP contribution is 2.25. The molecule has 1 aromatic heterocycles. The number of sulfonamides is 1. The fourth-order valence-corrected chi connectivity index (χ4v) is 5.33. The summed E-state index contributed by atoms with van der Waals surface area (Å²) >= 11 is 0. The molecule has 0 radical (unpaired) electrons. The van der Waals surface area contributed by atoms with Crippen LogP contribution in [-0.4, -0.2) is 76.5 Å². The third-order valence-electron chi connectivity index (χ3n) is 5.00. The lowest BCUT2D eigenvalue weighted by molar-refractivity contribution is 0.481. The van der Waals surface area contributed by atoms with E-state index in [0.717, 1.165) is 18.2 Å². The fourth-order valence-electron chi connectivity index (χ4n) is 3.09. The summed E-state index contributed by atoms with van der Waals surface area (Å²) in [6, 6.07) is 9.36. The van der Waals surface area contributed by atoms with Gasteiger partial charge in [0.2, 0.25) is 27.9 Å². The van der Waals surface area contributed by atoms with Crippen LogP contribution in [-0.2, 0) is 30.3 Å². The molecule has 41 heavy (non-hydrogen) atoms. The predicted molar refractivity (Wildman–Crippen MR) is 143 cm³/mol. The van der Waals surface area contributed by atoms with Gasteiger partial charge in [-0.1, -0.05) is 0 Å². The molecule has 3 rings (SSSR count). The zero-order valence-corrected chi connectivity index (χ0v) is 23.6. The van der Waals surface area contributed by atoms with Crippen molar-refractivity contribution in [3.63, 3.8) is 0 Å². The van der Waals surface area contributed by atoms with Crippen molar-refractivity contribution in [1.82, 2.24) is 19.7 Å². The topological polar surface area (TPSA) is 268 Å². The van der Waals surface area contributed by atoms with Gasteiger partial charge in [-0.05, 0) is 36.4 Å². The van der Waals surface area contributed by atoms with Crippen molar-refractivity contribution in [1.29, 1.82) is 10.5 Å². The Morgan fingerprint density at radius 1 is 0.780 bits per heavy atom. The van der Waals surface area contributed by atoms with Crippen LogP contribution < -0.4 is 20.3 Å². The van der Waals surface area contributed by atoms with Crippen molar-refractivity contribution in [2.45, 2.75) is 14.7 Å². The smallest absolute Gasteiger partial charge is 0.294 e. The Labute approximate surface area is 235 Å². The molecule has 1 heterocycles. The Morgan fingerprint density at radius 2 is 1.37 bits per heavy atom. The fraction of sp³-hybridized carbons (Fsp3) is 0.190. The molecule has 0 atom stereocenters. The Hall–Kier alpha value is -4.44. The Morgan fingerprint density at radius 3 is 1.90 bits per heavy atom. The maximum atomic E-state index is 12.6. The lowest BCUT2D eigenvalue weighted by Crippen LogP contribution is -2.29. The Kier molecular flexibility index (Phi) is 9.08. The zero-order valence-electron chi connectivity index (χ0n) is 21.1. The van der Waals surface area contributed by atoms with Crippen LogP contribution in [0.4, 0.5) is 23.5 Å². The molecule has 0 aliphatic rings. The number of anilines is 4. The van der Waals surface area contributed by atoms with Gasteiger partial charge >= 0.3 is 0 Å². The van der Waals surface area contributed by atoms with Gasteiger partial charge < -0.3 is 15.5 Å². The SMILES string of the molecule is CN(C)c1nc(NCCNS(=O)(=O)c2ccc(C#N)c(C#N)c2)nc(Nc2cc(S(=O)(=O)O)cc(S(=O)(=O)O)c2)n1. The minimum Gasteiger partial charge on any atom is -0.353 e. The lowest BCUT2D eigenvalue weighted by atomic mass is 10.1. The van der Waals surface area contributed by atoms with Crippen LogP contribution in [0.25, 0.3) is 0 Å². The zero-order chi connectivity index (χ0) is 30.6. The van der Waals surface area contributed by atoms with Gasteiger partial charge in [0, 0.05) is 32.9 Å². The van der Waals surface area contributed by atoms with E-state index in [0.29, 0.717) is 6.07 Å². The van der Waals surface area contributed by atoms with Crippen LogP contribution in [0.2, 0.25) is 0 Å². The number of hydrogen-bond donors (Lipinski definition) is 5. The normalized spacial score (nSPS) is 11.8. The van der Waals surface area contributed by atoms with E-state index in [-0.39, 0.29) is 52.6 Å². The molecule has 0 fully saturated rings. The van der Waals surface area contributed by atoms with Crippen LogP contribution in [0.1, 0.15) is 11.1 Å². The molecule has 0 saturated heterocycles. The van der Waals surface area contributed by atoms with Gasteiger partial charge in [0.05, 0.1) is 25.8 Å². The number of nitrogens with one attached hydrogen (secondary N) is 3. The molecule has 0 amide bonds. The standard InChI is InChI=1S/C21H21N9O8S3/c1-30(2)21-28-19(24-5-6-25-39(31,32)16-4-3-13(11-22)14(7-16)12-23)27-20(29-21)26-15-8-17(40(33,34)35)10-18(9-15)41(36,37)38/h3-4,7-10,25H,5-6H2,1-2H3,(H,33,34,35)(H,36,37,38)(H2,24,26,27,28,29). The summed E-state index contributed by atoms with van der Waals surface area (Å²) in [5, 5.41) is 23.5. The number of benzene rings is 2. The maximum Gasteiger partial charge on any atom is 0.294 e. The first kappa shape index (κ1) is 31.1. The first-order valence-corrected chi connectivity index (χ1v) is 15.4. The van der Waals surface area contributed by atoms with Crippen molar-refractivity contribution in [2.75, 3.05) is 42.7 Å². The van der Waals surface area contributed by atoms with Crippen LogP contribution in [0, 0.1) is 22.7 Å². The van der Waals surface area contributed by atoms with Crippen LogP contribution in [0.5, 0.6) is 0 Å². The predicted octanol–water partition coefficient (Wildman–Crippen LogP) is 0.308. The molecule has 5 N–H and O–H groups in total. The number of hydrogen-bond acceptors (Lipinski definition) is 14. The van der Waals surface area contributed by atoms with Crippen LogP contribution >= 0.6 is 0 Å².